The maximum absolute atomic E-state index is 12.4. The predicted molar refractivity (Wildman–Crippen MR) is 521 cm³/mol. The molecule has 2 amide bonds. The average molecular weight is 1720 g/mol. The largest absolute Gasteiger partial charge is 0.395 e. The van der Waals surface area contributed by atoms with Gasteiger partial charge in [-0.15, -0.1) is 0 Å². The molecule has 6 fully saturated rings. The number of carbonyl (C=O) groups is 2. The van der Waals surface area contributed by atoms with Crippen molar-refractivity contribution in [3.8, 4) is 0 Å². The number of H-pyrrole nitrogens is 5. The van der Waals surface area contributed by atoms with Crippen LogP contribution in [0, 0.1) is 5.92 Å². The molecule has 26 rings (SSSR count). The molecule has 5 aromatic carbocycles. The molecule has 6 aliphatic carbocycles. The lowest BCUT2D eigenvalue weighted by Gasteiger charge is -2.38. The Morgan fingerprint density at radius 2 is 0.602 bits per heavy atom. The van der Waals surface area contributed by atoms with Gasteiger partial charge >= 0.3 is 0 Å². The Morgan fingerprint density at radius 3 is 0.891 bits per heavy atom. The number of hydrogen-bond acceptors (Lipinski definition) is 17. The first-order valence-corrected chi connectivity index (χ1v) is 48.5. The van der Waals surface area contributed by atoms with Crippen molar-refractivity contribution in [1.82, 2.24) is 69.9 Å². The molecule has 5 saturated heterocycles. The van der Waals surface area contributed by atoms with Crippen LogP contribution in [0.1, 0.15) is 146 Å². The Labute approximate surface area is 747 Å². The van der Waals surface area contributed by atoms with E-state index in [1.54, 1.807) is 16.7 Å². The second kappa shape index (κ2) is 35.9. The smallest absolute Gasteiger partial charge is 0.236 e. The van der Waals surface area contributed by atoms with Crippen LogP contribution in [0.2, 0.25) is 0 Å². The number of aliphatic hydroxyl groups is 1. The topological polar surface area (TPSA) is 288 Å². The number of fused-ring (bicyclic) bond motifs is 25. The van der Waals surface area contributed by atoms with Gasteiger partial charge in [0.15, 0.2) is 0 Å². The maximum atomic E-state index is 12.4. The molecule has 24 nitrogen and oxygen atoms in total. The van der Waals surface area contributed by atoms with E-state index in [0.717, 1.165) is 203 Å². The second-order valence-electron chi connectivity index (χ2n) is 37.8. The molecular formula is C104H123N21O3. The number of nitrogens with one attached hydrogen (secondary N) is 6. The summed E-state index contributed by atoms with van der Waals surface area (Å²) < 4.78 is 0. The summed E-state index contributed by atoms with van der Waals surface area (Å²) in [7, 11) is 0. The number of piperidine rings is 1. The van der Waals surface area contributed by atoms with E-state index in [9.17, 15) is 14.7 Å². The van der Waals surface area contributed by atoms with Gasteiger partial charge in [-0.25, -0.2) is 0 Å². The lowest BCUT2D eigenvalue weighted by Crippen LogP contribution is -2.50. The standard InChI is InChI=1S/C23H26N4O.C21H25N5O.C21H26N4O.C20H24N4.C19H22N4/c28-23(15-5-6-15)27-13-11-26(12-14-27)22-17-4-2-1-3-16(17)21-18-9-10-24-19(18)7-8-20(21)25-22;22-13-19(27)25-9-11-26(12-10-25)21-15-4-2-1-3-14(15)20-16-7-8-23-17(16)5-6-18(20)24-21;26-14-13-24-9-11-25(12-10-24)21-16-4-2-1-3-15(16)20-17-7-8-22-18(17)5-6-19(20)23-21;21-13-8-11-24(12-9-13)20-15-4-2-1-3-14(15)19-16-7-10-22-17(16)5-6-18(19)23-20;1-2-4-14-13(3-1)18-15-7-8-21-16(15)5-6-17(18)22-19(14)23-11-9-20-10-12-23/h7-10,15,25H,1-6,11-14H2;5-8,24H,1-4,9-13,22H2;5-8,23,26H,1-4,9-14H2;5-7,10,13,23H,1-4,8-9,11-12,21H2;5-8,20,22H,1-4,9-12H2. The number of amides is 2. The van der Waals surface area contributed by atoms with E-state index in [0.29, 0.717) is 17.9 Å². The number of rotatable bonds is 9. The number of β-amino-alcohol motifs (C(OH)–C–C–N with tert-alkyl or cyclic N) is 1. The number of aryl methyl sites for hydroxylation is 5. The average Bonchev–Trinajstić information content (AvgIpc) is 1.42. The van der Waals surface area contributed by atoms with E-state index >= 15 is 0 Å². The fraction of sp³-hybridized carbons (Fsp3) is 0.452. The van der Waals surface area contributed by atoms with Crippen molar-refractivity contribution in [1.29, 1.82) is 0 Å². The first-order chi connectivity index (χ1) is 63.1. The number of carbonyl (C=O) groups excluding carboxylic acids is 2. The van der Waals surface area contributed by atoms with Crippen molar-refractivity contribution in [2.75, 3.05) is 162 Å². The molecule has 1 saturated carbocycles. The Morgan fingerprint density at radius 1 is 0.328 bits per heavy atom. The number of aliphatic hydroxyl groups excluding tert-OH is 1. The summed E-state index contributed by atoms with van der Waals surface area (Å²) in [5.41, 5.74) is 38.5. The van der Waals surface area contributed by atoms with Gasteiger partial charge < -0.3 is 81.1 Å². The SMILES string of the molecule is NC1CCN(c2[nH]c3ccc4nccc4c3c3c2CCCC3)CC1.NCC(=O)N1CCN(c2[nH]c3ccc4nccc4c3c3c2CCCC3)CC1.O=C(C1CC1)N1CCN(c2[nH]c3ccc4nccc4c3c3c2CCCC3)CC1.OCCN1CCN(c2[nH]c3ccc4nccc4c3c3c2CCCC3)CC1.c1cc2c(ccc3[nH]c(N4CCNCC4)c4c(c32)CCCC4)n1. The molecule has 11 N–H and O–H groups in total. The lowest BCUT2D eigenvalue weighted by molar-refractivity contribution is -0.133. The Kier molecular flexibility index (Phi) is 23.1. The van der Waals surface area contributed by atoms with Crippen LogP contribution >= 0.6 is 0 Å². The van der Waals surface area contributed by atoms with Crippen molar-refractivity contribution in [2.45, 2.75) is 160 Å². The van der Waals surface area contributed by atoms with Crippen molar-refractivity contribution < 1.29 is 14.7 Å². The predicted octanol–water partition coefficient (Wildman–Crippen LogP) is 15.1. The van der Waals surface area contributed by atoms with Crippen molar-refractivity contribution in [3.63, 3.8) is 0 Å². The third-order valence-electron chi connectivity index (χ3n) is 30.3. The van der Waals surface area contributed by atoms with E-state index in [1.165, 1.54) is 252 Å². The van der Waals surface area contributed by atoms with Gasteiger partial charge in [0.2, 0.25) is 11.8 Å². The summed E-state index contributed by atoms with van der Waals surface area (Å²) in [5, 5.41) is 26.0. The zero-order chi connectivity index (χ0) is 85.9. The number of piperazine rings is 4. The number of nitrogens with zero attached hydrogens (tertiary/aromatic N) is 13. The summed E-state index contributed by atoms with van der Waals surface area (Å²) in [4.78, 5) is 84.4. The summed E-state index contributed by atoms with van der Waals surface area (Å²) in [6.07, 6.45) is 38.4. The molecule has 0 unspecified atom stereocenters. The molecule has 0 bridgehead atoms. The number of anilines is 5. The van der Waals surface area contributed by atoms with Crippen LogP contribution < -0.4 is 41.3 Å². The monoisotopic (exact) mass is 1710 g/mol. The van der Waals surface area contributed by atoms with Gasteiger partial charge in [0.05, 0.1) is 40.7 Å². The number of aromatic amines is 5. The van der Waals surface area contributed by atoms with E-state index < -0.39 is 0 Å². The van der Waals surface area contributed by atoms with Gasteiger partial charge in [0.1, 0.15) is 29.1 Å². The highest BCUT2D eigenvalue weighted by Crippen LogP contribution is 2.45. The van der Waals surface area contributed by atoms with Crippen LogP contribution in [-0.4, -0.2) is 225 Å². The van der Waals surface area contributed by atoms with Crippen LogP contribution in [0.15, 0.2) is 122 Å². The molecule has 24 heteroatoms. The number of nitrogens with two attached hydrogens (primary N) is 2. The highest BCUT2D eigenvalue weighted by Gasteiger charge is 2.37. The Balaban J connectivity index is 0.0000000944. The van der Waals surface area contributed by atoms with Gasteiger partial charge in [-0.3, -0.25) is 39.4 Å². The van der Waals surface area contributed by atoms with Crippen molar-refractivity contribution >= 4 is 150 Å². The Hall–Kier alpha value is -11.4. The summed E-state index contributed by atoms with van der Waals surface area (Å²) in [6, 6.07) is 32.8. The van der Waals surface area contributed by atoms with Gasteiger partial charge in [-0.2, -0.15) is 0 Å². The minimum absolute atomic E-state index is 0.0465. The van der Waals surface area contributed by atoms with Crippen molar-refractivity contribution in [2.24, 2.45) is 17.4 Å². The third kappa shape index (κ3) is 15.7. The lowest BCUT2D eigenvalue weighted by atomic mass is 9.87. The quantitative estimate of drug-likeness (QED) is 0.0649. The summed E-state index contributed by atoms with van der Waals surface area (Å²) in [6.45, 7) is 18.4. The number of hydrogen-bond donors (Lipinski definition) is 9. The van der Waals surface area contributed by atoms with Crippen molar-refractivity contribution in [3.05, 3.63) is 178 Å². The molecule has 662 valence electrons. The fourth-order valence-corrected chi connectivity index (χ4v) is 23.5. The normalized spacial score (nSPS) is 18.8. The number of benzene rings is 5. The molecule has 10 aromatic heterocycles. The molecule has 0 atom stereocenters. The second-order valence-corrected chi connectivity index (χ2v) is 37.8. The summed E-state index contributed by atoms with van der Waals surface area (Å²) in [5.74, 6) is 7.34. The molecule has 0 spiro atoms. The van der Waals surface area contributed by atoms with E-state index in [2.05, 4.69) is 180 Å². The van der Waals surface area contributed by atoms with Crippen LogP contribution in [-0.2, 0) is 73.8 Å². The van der Waals surface area contributed by atoms with Crippen LogP contribution in [0.25, 0.3) is 109 Å². The molecule has 5 aliphatic heterocycles. The van der Waals surface area contributed by atoms with Gasteiger partial charge in [-0.05, 0) is 301 Å². The molecule has 128 heavy (non-hydrogen) atoms. The number of pyridine rings is 5. The summed E-state index contributed by atoms with van der Waals surface area (Å²) >= 11 is 0. The van der Waals surface area contributed by atoms with Gasteiger partial charge in [0, 0.05) is 249 Å². The van der Waals surface area contributed by atoms with Crippen LogP contribution in [0.3, 0.4) is 0 Å². The minimum atomic E-state index is 0.0465. The zero-order valence-corrected chi connectivity index (χ0v) is 74.3. The molecular weight excluding hydrogens is 1590 g/mol. The van der Waals surface area contributed by atoms with Gasteiger partial charge in [0.25, 0.3) is 0 Å². The van der Waals surface area contributed by atoms with Crippen LogP contribution in [0.4, 0.5) is 29.1 Å². The number of aromatic nitrogens is 10. The minimum Gasteiger partial charge on any atom is -0.395 e. The maximum Gasteiger partial charge on any atom is 0.236 e. The van der Waals surface area contributed by atoms with Gasteiger partial charge in [-0.1, -0.05) is 0 Å². The third-order valence-corrected chi connectivity index (χ3v) is 30.3. The highest BCUT2D eigenvalue weighted by atomic mass is 16.3. The highest BCUT2D eigenvalue weighted by molar-refractivity contribution is 6.12. The van der Waals surface area contributed by atoms with E-state index in [1.807, 2.05) is 35.9 Å². The fourth-order valence-electron chi connectivity index (χ4n) is 23.5. The van der Waals surface area contributed by atoms with Crippen LogP contribution in [0.5, 0.6) is 0 Å². The van der Waals surface area contributed by atoms with E-state index in [-0.39, 0.29) is 19.1 Å². The molecule has 15 heterocycles. The molecule has 15 aromatic rings. The first kappa shape index (κ1) is 82.3. The zero-order valence-electron chi connectivity index (χ0n) is 74.3. The van der Waals surface area contributed by atoms with E-state index in [4.69, 9.17) is 11.5 Å². The Bertz CT molecular complexity index is 6650. The molecule has 0 radical (unpaired) electrons. The molecule has 11 aliphatic rings. The first-order valence-electron chi connectivity index (χ1n) is 48.5.